The molecule has 2 nitrogen and oxygen atoms in total. The SMILES string of the molecule is N[C@@H](c1ccccn1)C(F)(F)C(F)(F)F. The van der Waals surface area contributed by atoms with E-state index in [1.165, 1.54) is 12.1 Å². The van der Waals surface area contributed by atoms with Gasteiger partial charge >= 0.3 is 12.1 Å². The van der Waals surface area contributed by atoms with Crippen molar-refractivity contribution in [1.82, 2.24) is 4.98 Å². The first kappa shape index (κ1) is 11.8. The summed E-state index contributed by atoms with van der Waals surface area (Å²) < 4.78 is 61.2. The van der Waals surface area contributed by atoms with E-state index < -0.39 is 23.8 Å². The van der Waals surface area contributed by atoms with Crippen molar-refractivity contribution in [3.63, 3.8) is 0 Å². The summed E-state index contributed by atoms with van der Waals surface area (Å²) >= 11 is 0. The number of alkyl halides is 5. The van der Waals surface area contributed by atoms with Gasteiger partial charge in [-0.05, 0) is 12.1 Å². The second-order valence-corrected chi connectivity index (χ2v) is 2.85. The highest BCUT2D eigenvalue weighted by molar-refractivity contribution is 5.12. The molecule has 2 N–H and O–H groups in total. The third-order valence-corrected chi connectivity index (χ3v) is 1.77. The Balaban J connectivity index is 3.00. The molecule has 1 aromatic rings. The highest BCUT2D eigenvalue weighted by atomic mass is 19.4. The van der Waals surface area contributed by atoms with Gasteiger partial charge in [0, 0.05) is 6.20 Å². The molecule has 0 aliphatic rings. The molecule has 1 aromatic heterocycles. The molecule has 7 heteroatoms. The van der Waals surface area contributed by atoms with Gasteiger partial charge in [0.15, 0.2) is 0 Å². The summed E-state index contributed by atoms with van der Waals surface area (Å²) in [6, 6.07) is 1.21. The average molecular weight is 226 g/mol. The van der Waals surface area contributed by atoms with Gasteiger partial charge in [-0.2, -0.15) is 22.0 Å². The Morgan fingerprint density at radius 2 is 1.73 bits per heavy atom. The molecule has 0 saturated heterocycles. The normalized spacial score (nSPS) is 15.1. The number of pyridine rings is 1. The Kier molecular flexibility index (Phi) is 2.94. The molecule has 1 rings (SSSR count). The molecule has 0 aliphatic heterocycles. The molecule has 0 spiro atoms. The molecule has 1 atom stereocenters. The minimum atomic E-state index is -5.68. The lowest BCUT2D eigenvalue weighted by Gasteiger charge is -2.25. The highest BCUT2D eigenvalue weighted by Crippen LogP contribution is 2.42. The second kappa shape index (κ2) is 3.73. The van der Waals surface area contributed by atoms with Crippen molar-refractivity contribution in [1.29, 1.82) is 0 Å². The second-order valence-electron chi connectivity index (χ2n) is 2.85. The standard InChI is InChI=1S/C8H7F5N2/c9-7(10,8(11,12)13)6(14)5-3-1-2-4-15-5/h1-4,6H,14H2/t6-/m0/s1. The van der Waals surface area contributed by atoms with Crippen LogP contribution >= 0.6 is 0 Å². The molecule has 0 amide bonds. The summed E-state index contributed by atoms with van der Waals surface area (Å²) in [5.41, 5.74) is 4.33. The molecule has 0 unspecified atom stereocenters. The van der Waals surface area contributed by atoms with Crippen LogP contribution in [0.15, 0.2) is 24.4 Å². The Bertz CT molecular complexity index is 322. The molecule has 84 valence electrons. The third-order valence-electron chi connectivity index (χ3n) is 1.77. The Labute approximate surface area is 81.9 Å². The molecule has 1 heterocycles. The zero-order valence-electron chi connectivity index (χ0n) is 7.30. The van der Waals surface area contributed by atoms with E-state index in [0.717, 1.165) is 12.3 Å². The van der Waals surface area contributed by atoms with Gasteiger partial charge in [0.25, 0.3) is 0 Å². The molecule has 0 radical (unpaired) electrons. The maximum absolute atomic E-state index is 12.7. The average Bonchev–Trinajstić information content (AvgIpc) is 2.16. The first-order valence-corrected chi connectivity index (χ1v) is 3.88. The number of hydrogen-bond donors (Lipinski definition) is 1. The van der Waals surface area contributed by atoms with Gasteiger partial charge in [-0.15, -0.1) is 0 Å². The summed E-state index contributed by atoms with van der Waals surface area (Å²) in [6.45, 7) is 0. The third kappa shape index (κ3) is 2.23. The van der Waals surface area contributed by atoms with Gasteiger partial charge in [-0.1, -0.05) is 6.07 Å². The van der Waals surface area contributed by atoms with Gasteiger partial charge in [-0.3, -0.25) is 4.98 Å². The summed E-state index contributed by atoms with van der Waals surface area (Å²) in [7, 11) is 0. The van der Waals surface area contributed by atoms with E-state index in [4.69, 9.17) is 5.73 Å². The van der Waals surface area contributed by atoms with Crippen LogP contribution < -0.4 is 5.73 Å². The van der Waals surface area contributed by atoms with Crippen molar-refractivity contribution in [3.05, 3.63) is 30.1 Å². The van der Waals surface area contributed by atoms with E-state index in [1.54, 1.807) is 0 Å². The molecule has 0 aromatic carbocycles. The van der Waals surface area contributed by atoms with Crippen molar-refractivity contribution in [2.75, 3.05) is 0 Å². The number of halogens is 5. The van der Waals surface area contributed by atoms with Crippen LogP contribution in [0.25, 0.3) is 0 Å². The largest absolute Gasteiger partial charge is 0.455 e. The molecule has 0 saturated carbocycles. The van der Waals surface area contributed by atoms with Gasteiger partial charge in [0.05, 0.1) is 5.69 Å². The molecule has 0 aliphatic carbocycles. The number of hydrogen-bond acceptors (Lipinski definition) is 2. The fourth-order valence-electron chi connectivity index (χ4n) is 0.922. The van der Waals surface area contributed by atoms with E-state index in [-0.39, 0.29) is 0 Å². The Hall–Kier alpha value is -1.24. The smallest absolute Gasteiger partial charge is 0.317 e. The van der Waals surface area contributed by atoms with Crippen LogP contribution in [0, 0.1) is 0 Å². The molecule has 0 fully saturated rings. The van der Waals surface area contributed by atoms with Crippen molar-refractivity contribution < 1.29 is 22.0 Å². The zero-order valence-corrected chi connectivity index (χ0v) is 7.30. The fraction of sp³-hybridized carbons (Fsp3) is 0.375. The van der Waals surface area contributed by atoms with Crippen LogP contribution in [0.3, 0.4) is 0 Å². The van der Waals surface area contributed by atoms with E-state index >= 15 is 0 Å². The first-order valence-electron chi connectivity index (χ1n) is 3.88. The minimum absolute atomic E-state index is 0.500. The summed E-state index contributed by atoms with van der Waals surface area (Å²) in [6.07, 6.45) is -4.58. The monoisotopic (exact) mass is 226 g/mol. The van der Waals surface area contributed by atoms with Crippen LogP contribution in [-0.2, 0) is 0 Å². The lowest BCUT2D eigenvalue weighted by Crippen LogP contribution is -2.46. The summed E-state index contributed by atoms with van der Waals surface area (Å²) in [5, 5.41) is 0. The van der Waals surface area contributed by atoms with Crippen molar-refractivity contribution in [2.45, 2.75) is 18.1 Å². The molecule has 15 heavy (non-hydrogen) atoms. The predicted molar refractivity (Wildman–Crippen MR) is 42.2 cm³/mol. The molecule has 0 bridgehead atoms. The van der Waals surface area contributed by atoms with Crippen LogP contribution in [0.2, 0.25) is 0 Å². The number of aromatic nitrogens is 1. The molecular weight excluding hydrogens is 219 g/mol. The van der Waals surface area contributed by atoms with Gasteiger partial charge in [0.1, 0.15) is 6.04 Å². The van der Waals surface area contributed by atoms with Gasteiger partial charge in [-0.25, -0.2) is 0 Å². The zero-order chi connectivity index (χ0) is 11.7. The predicted octanol–water partition coefficient (Wildman–Crippen LogP) is 2.28. The van der Waals surface area contributed by atoms with E-state index in [2.05, 4.69) is 4.98 Å². The van der Waals surface area contributed by atoms with E-state index in [0.29, 0.717) is 0 Å². The van der Waals surface area contributed by atoms with Gasteiger partial charge < -0.3 is 5.73 Å². The number of nitrogens with two attached hydrogens (primary N) is 1. The van der Waals surface area contributed by atoms with Gasteiger partial charge in [0.2, 0.25) is 0 Å². The minimum Gasteiger partial charge on any atom is -0.317 e. The van der Waals surface area contributed by atoms with Crippen LogP contribution in [0.4, 0.5) is 22.0 Å². The summed E-state index contributed by atoms with van der Waals surface area (Å²) in [5.74, 6) is -4.98. The van der Waals surface area contributed by atoms with Crippen LogP contribution in [-0.4, -0.2) is 17.1 Å². The van der Waals surface area contributed by atoms with E-state index in [9.17, 15) is 22.0 Å². The van der Waals surface area contributed by atoms with Crippen LogP contribution in [0.1, 0.15) is 11.7 Å². The Morgan fingerprint density at radius 3 is 2.13 bits per heavy atom. The number of rotatable bonds is 2. The van der Waals surface area contributed by atoms with Crippen LogP contribution in [0.5, 0.6) is 0 Å². The first-order chi connectivity index (χ1) is 6.77. The van der Waals surface area contributed by atoms with E-state index in [1.807, 2.05) is 0 Å². The van der Waals surface area contributed by atoms with Crippen molar-refractivity contribution >= 4 is 0 Å². The van der Waals surface area contributed by atoms with Crippen molar-refractivity contribution in [2.24, 2.45) is 5.73 Å². The molecular formula is C8H7F5N2. The van der Waals surface area contributed by atoms with Crippen molar-refractivity contribution in [3.8, 4) is 0 Å². The lowest BCUT2D eigenvalue weighted by atomic mass is 10.1. The maximum Gasteiger partial charge on any atom is 0.455 e. The summed E-state index contributed by atoms with van der Waals surface area (Å²) in [4.78, 5) is 3.35. The highest BCUT2D eigenvalue weighted by Gasteiger charge is 2.62. The Morgan fingerprint density at radius 1 is 1.13 bits per heavy atom. The lowest BCUT2D eigenvalue weighted by molar-refractivity contribution is -0.291. The fourth-order valence-corrected chi connectivity index (χ4v) is 0.922. The quantitative estimate of drug-likeness (QED) is 0.785. The topological polar surface area (TPSA) is 38.9 Å². The maximum atomic E-state index is 12.7. The number of nitrogens with zero attached hydrogens (tertiary/aromatic N) is 1.